The van der Waals surface area contributed by atoms with Gasteiger partial charge in [0.25, 0.3) is 10.2 Å². The Labute approximate surface area is 121 Å². The summed E-state index contributed by atoms with van der Waals surface area (Å²) in [6, 6.07) is -0.674. The van der Waals surface area contributed by atoms with Crippen molar-refractivity contribution >= 4 is 16.2 Å². The summed E-state index contributed by atoms with van der Waals surface area (Å²) < 4.78 is 32.5. The van der Waals surface area contributed by atoms with Crippen LogP contribution in [0.4, 0.5) is 0 Å². The Bertz CT molecular complexity index is 413. The largest absolute Gasteiger partial charge is 0.465 e. The van der Waals surface area contributed by atoms with Gasteiger partial charge in [0, 0.05) is 20.1 Å². The van der Waals surface area contributed by atoms with Gasteiger partial charge in [-0.2, -0.15) is 17.0 Å². The second kappa shape index (κ2) is 7.92. The van der Waals surface area contributed by atoms with Gasteiger partial charge in [0.05, 0.1) is 6.61 Å². The second-order valence-corrected chi connectivity index (χ2v) is 6.80. The molecule has 0 aromatic carbocycles. The summed E-state index contributed by atoms with van der Waals surface area (Å²) >= 11 is 0. The Balaban J connectivity index is 2.72. The standard InChI is InChI=1S/C12H25N3O4S/c1-4-19-12(16)11-7-5-10-15(11)20(17,18)14(3)9-6-8-13-2/h11,13H,4-10H2,1-3H3. The van der Waals surface area contributed by atoms with Crippen molar-refractivity contribution in [3.63, 3.8) is 0 Å². The number of esters is 1. The third kappa shape index (κ3) is 4.15. The van der Waals surface area contributed by atoms with Crippen molar-refractivity contribution in [3.05, 3.63) is 0 Å². The first-order valence-corrected chi connectivity index (χ1v) is 8.39. The van der Waals surface area contributed by atoms with E-state index in [1.54, 1.807) is 14.0 Å². The minimum absolute atomic E-state index is 0.265. The molecule has 1 aliphatic rings. The highest BCUT2D eigenvalue weighted by molar-refractivity contribution is 7.86. The van der Waals surface area contributed by atoms with E-state index < -0.39 is 22.2 Å². The average molecular weight is 307 g/mol. The topological polar surface area (TPSA) is 79.0 Å². The highest BCUT2D eigenvalue weighted by atomic mass is 32.2. The SMILES string of the molecule is CCOC(=O)C1CCCN1S(=O)(=O)N(C)CCCNC. The number of nitrogens with one attached hydrogen (secondary N) is 1. The van der Waals surface area contributed by atoms with Gasteiger partial charge in [-0.15, -0.1) is 0 Å². The van der Waals surface area contributed by atoms with Crippen molar-refractivity contribution in [1.29, 1.82) is 0 Å². The molecule has 0 aliphatic carbocycles. The monoisotopic (exact) mass is 307 g/mol. The molecule has 0 spiro atoms. The van der Waals surface area contributed by atoms with Crippen LogP contribution in [0.5, 0.6) is 0 Å². The van der Waals surface area contributed by atoms with Gasteiger partial charge < -0.3 is 10.1 Å². The fraction of sp³-hybridized carbons (Fsp3) is 0.917. The molecule has 1 unspecified atom stereocenters. The van der Waals surface area contributed by atoms with Crippen LogP contribution in [0.15, 0.2) is 0 Å². The van der Waals surface area contributed by atoms with E-state index in [1.807, 2.05) is 7.05 Å². The molecule has 8 heteroatoms. The quantitative estimate of drug-likeness (QED) is 0.496. The molecule has 0 amide bonds. The lowest BCUT2D eigenvalue weighted by Crippen LogP contribution is -2.48. The molecule has 20 heavy (non-hydrogen) atoms. The van der Waals surface area contributed by atoms with Crippen LogP contribution in [-0.4, -0.2) is 69.4 Å². The average Bonchev–Trinajstić information content (AvgIpc) is 2.89. The van der Waals surface area contributed by atoms with E-state index >= 15 is 0 Å². The van der Waals surface area contributed by atoms with Crippen LogP contribution in [0.1, 0.15) is 26.2 Å². The summed E-state index contributed by atoms with van der Waals surface area (Å²) in [6.07, 6.45) is 1.94. The number of carbonyl (C=O) groups excluding carboxylic acids is 1. The molecule has 118 valence electrons. The van der Waals surface area contributed by atoms with Crippen LogP contribution in [0, 0.1) is 0 Å². The summed E-state index contributed by atoms with van der Waals surface area (Å²) in [5.74, 6) is -0.447. The Kier molecular flexibility index (Phi) is 6.87. The Morgan fingerprint density at radius 2 is 2.20 bits per heavy atom. The van der Waals surface area contributed by atoms with Crippen molar-refractivity contribution < 1.29 is 17.9 Å². The Hall–Kier alpha value is -0.700. The zero-order chi connectivity index (χ0) is 15.2. The van der Waals surface area contributed by atoms with Crippen molar-refractivity contribution in [1.82, 2.24) is 13.9 Å². The Morgan fingerprint density at radius 3 is 2.80 bits per heavy atom. The first kappa shape index (κ1) is 17.4. The van der Waals surface area contributed by atoms with Crippen LogP contribution in [0.25, 0.3) is 0 Å². The molecule has 0 aromatic rings. The molecule has 1 rings (SSSR count). The van der Waals surface area contributed by atoms with Crippen LogP contribution in [-0.2, 0) is 19.7 Å². The van der Waals surface area contributed by atoms with Crippen molar-refractivity contribution in [2.24, 2.45) is 0 Å². The van der Waals surface area contributed by atoms with Gasteiger partial charge >= 0.3 is 5.97 Å². The lowest BCUT2D eigenvalue weighted by molar-refractivity contribution is -0.146. The highest BCUT2D eigenvalue weighted by Crippen LogP contribution is 2.23. The lowest BCUT2D eigenvalue weighted by Gasteiger charge is -2.27. The Morgan fingerprint density at radius 1 is 1.50 bits per heavy atom. The molecule has 7 nitrogen and oxygen atoms in total. The number of ether oxygens (including phenoxy) is 1. The molecule has 1 saturated heterocycles. The zero-order valence-corrected chi connectivity index (χ0v) is 13.3. The van der Waals surface area contributed by atoms with Crippen LogP contribution in [0.2, 0.25) is 0 Å². The summed E-state index contributed by atoms with van der Waals surface area (Å²) in [5.41, 5.74) is 0. The summed E-state index contributed by atoms with van der Waals surface area (Å²) in [6.45, 7) is 3.54. The molecular weight excluding hydrogens is 282 g/mol. The molecule has 1 atom stereocenters. The van der Waals surface area contributed by atoms with Gasteiger partial charge in [0.15, 0.2) is 0 Å². The van der Waals surface area contributed by atoms with E-state index in [2.05, 4.69) is 5.32 Å². The van der Waals surface area contributed by atoms with Gasteiger partial charge in [-0.05, 0) is 39.8 Å². The van der Waals surface area contributed by atoms with Gasteiger partial charge in [-0.3, -0.25) is 4.79 Å². The molecule has 1 N–H and O–H groups in total. The molecule has 1 aliphatic heterocycles. The molecule has 0 radical (unpaired) electrons. The highest BCUT2D eigenvalue weighted by Gasteiger charge is 2.41. The van der Waals surface area contributed by atoms with E-state index in [-0.39, 0.29) is 6.61 Å². The van der Waals surface area contributed by atoms with E-state index in [0.29, 0.717) is 25.9 Å². The number of hydrogen-bond donors (Lipinski definition) is 1. The minimum atomic E-state index is -3.59. The molecule has 0 saturated carbocycles. The van der Waals surface area contributed by atoms with E-state index in [4.69, 9.17) is 4.74 Å². The van der Waals surface area contributed by atoms with Gasteiger partial charge in [-0.25, -0.2) is 0 Å². The zero-order valence-electron chi connectivity index (χ0n) is 12.5. The molecule has 0 aromatic heterocycles. The number of hydrogen-bond acceptors (Lipinski definition) is 5. The first-order chi connectivity index (χ1) is 9.45. The van der Waals surface area contributed by atoms with Crippen molar-refractivity contribution in [2.45, 2.75) is 32.2 Å². The van der Waals surface area contributed by atoms with E-state index in [0.717, 1.165) is 13.0 Å². The summed E-state index contributed by atoms with van der Waals surface area (Å²) in [5, 5.41) is 2.98. The number of rotatable bonds is 8. The smallest absolute Gasteiger partial charge is 0.324 e. The molecule has 1 heterocycles. The molecule has 0 bridgehead atoms. The third-order valence-electron chi connectivity index (χ3n) is 3.35. The maximum atomic E-state index is 12.5. The summed E-state index contributed by atoms with van der Waals surface area (Å²) in [7, 11) is -0.221. The second-order valence-electron chi connectivity index (χ2n) is 4.81. The van der Waals surface area contributed by atoms with Crippen LogP contribution >= 0.6 is 0 Å². The minimum Gasteiger partial charge on any atom is -0.465 e. The number of nitrogens with zero attached hydrogens (tertiary/aromatic N) is 2. The fourth-order valence-corrected chi connectivity index (χ4v) is 3.85. The predicted octanol–water partition coefficient (Wildman–Crippen LogP) is -0.200. The lowest BCUT2D eigenvalue weighted by atomic mass is 10.2. The van der Waals surface area contributed by atoms with Gasteiger partial charge in [0.2, 0.25) is 0 Å². The normalized spacial score (nSPS) is 20.5. The molecular formula is C12H25N3O4S. The molecule has 1 fully saturated rings. The number of carbonyl (C=O) groups is 1. The van der Waals surface area contributed by atoms with Crippen LogP contribution < -0.4 is 5.32 Å². The maximum absolute atomic E-state index is 12.5. The van der Waals surface area contributed by atoms with Crippen molar-refractivity contribution in [3.8, 4) is 0 Å². The first-order valence-electron chi connectivity index (χ1n) is 6.99. The predicted molar refractivity (Wildman–Crippen MR) is 76.5 cm³/mol. The van der Waals surface area contributed by atoms with Crippen LogP contribution in [0.3, 0.4) is 0 Å². The van der Waals surface area contributed by atoms with E-state index in [9.17, 15) is 13.2 Å². The van der Waals surface area contributed by atoms with Gasteiger partial charge in [0.1, 0.15) is 6.04 Å². The van der Waals surface area contributed by atoms with Gasteiger partial charge in [-0.1, -0.05) is 0 Å². The third-order valence-corrected chi connectivity index (χ3v) is 5.35. The van der Waals surface area contributed by atoms with Crippen molar-refractivity contribution in [2.75, 3.05) is 40.3 Å². The summed E-state index contributed by atoms with van der Waals surface area (Å²) in [4.78, 5) is 11.8. The maximum Gasteiger partial charge on any atom is 0.324 e. The van der Waals surface area contributed by atoms with E-state index in [1.165, 1.54) is 8.61 Å². The fourth-order valence-electron chi connectivity index (χ4n) is 2.26.